The zero-order valence-electron chi connectivity index (χ0n) is 8.61. The smallest absolute Gasteiger partial charge is 0.223 e. The average Bonchev–Trinajstić information content (AvgIpc) is 2.13. The molecule has 0 saturated heterocycles. The Morgan fingerprint density at radius 1 is 1.12 bits per heavy atom. The van der Waals surface area contributed by atoms with Crippen LogP contribution in [-0.2, 0) is 0 Å². The molecule has 0 amide bonds. The predicted molar refractivity (Wildman–Crippen MR) is 65.5 cm³/mol. The van der Waals surface area contributed by atoms with Gasteiger partial charge in [0.2, 0.25) is 5.95 Å². The van der Waals surface area contributed by atoms with Crippen molar-refractivity contribution in [2.45, 2.75) is 0 Å². The van der Waals surface area contributed by atoms with Crippen molar-refractivity contribution in [1.82, 2.24) is 9.97 Å². The lowest BCUT2D eigenvalue weighted by Gasteiger charge is -2.07. The Balaban J connectivity index is 2.31. The van der Waals surface area contributed by atoms with Crippen molar-refractivity contribution < 1.29 is 4.39 Å². The molecule has 0 spiro atoms. The third-order valence-corrected chi connectivity index (χ3v) is 2.12. The summed E-state index contributed by atoms with van der Waals surface area (Å²) in [5.74, 6) is 0.184. The van der Waals surface area contributed by atoms with Crippen LogP contribution >= 0.6 is 11.6 Å². The van der Waals surface area contributed by atoms with E-state index in [1.165, 1.54) is 18.2 Å². The van der Waals surface area contributed by atoms with Gasteiger partial charge in [0, 0.05) is 16.8 Å². The molecule has 1 aromatic carbocycles. The van der Waals surface area contributed by atoms with Crippen molar-refractivity contribution in [2.75, 3.05) is 16.8 Å². The lowest BCUT2D eigenvalue weighted by atomic mass is 10.3. The Kier molecular flexibility index (Phi) is 2.97. The third-order valence-electron chi connectivity index (χ3n) is 1.90. The van der Waals surface area contributed by atoms with Gasteiger partial charge in [0.15, 0.2) is 0 Å². The predicted octanol–water partition coefficient (Wildman–Crippen LogP) is 2.18. The molecule has 5 nitrogen and oxygen atoms in total. The molecule has 0 saturated carbocycles. The molecular weight excluding hydrogens is 245 g/mol. The molecule has 2 rings (SSSR count). The monoisotopic (exact) mass is 253 g/mol. The highest BCUT2D eigenvalue weighted by Gasteiger charge is 2.03. The van der Waals surface area contributed by atoms with Crippen molar-refractivity contribution in [3.8, 4) is 0 Å². The molecule has 1 aromatic heterocycles. The summed E-state index contributed by atoms with van der Waals surface area (Å²) in [4.78, 5) is 7.61. The number of nitrogens with two attached hydrogens (primary N) is 2. The van der Waals surface area contributed by atoms with Crippen LogP contribution in [0.25, 0.3) is 0 Å². The second-order valence-electron chi connectivity index (χ2n) is 3.32. The fourth-order valence-corrected chi connectivity index (χ4v) is 1.55. The number of aromatic nitrogens is 2. The molecule has 17 heavy (non-hydrogen) atoms. The van der Waals surface area contributed by atoms with Crippen molar-refractivity contribution >= 4 is 34.9 Å². The minimum Gasteiger partial charge on any atom is -0.383 e. The number of benzene rings is 1. The standard InChI is InChI=1S/C10H9ClFN5/c11-5-1-6(12)3-7(2-5)15-9-4-8(13)16-10(14)17-9/h1-4H,(H5,13,14,15,16,17). The van der Waals surface area contributed by atoms with Crippen molar-refractivity contribution in [1.29, 1.82) is 0 Å². The number of nitrogen functional groups attached to an aromatic ring is 2. The number of nitrogens with zero attached hydrogens (tertiary/aromatic N) is 2. The molecular formula is C10H9ClFN5. The van der Waals surface area contributed by atoms with E-state index in [1.807, 2.05) is 0 Å². The van der Waals surface area contributed by atoms with Gasteiger partial charge in [0.1, 0.15) is 17.5 Å². The van der Waals surface area contributed by atoms with E-state index < -0.39 is 5.82 Å². The average molecular weight is 254 g/mol. The van der Waals surface area contributed by atoms with Gasteiger partial charge >= 0.3 is 0 Å². The first-order chi connectivity index (χ1) is 8.02. The van der Waals surface area contributed by atoms with E-state index in [1.54, 1.807) is 6.07 Å². The van der Waals surface area contributed by atoms with Gasteiger partial charge in [-0.05, 0) is 18.2 Å². The maximum Gasteiger partial charge on any atom is 0.223 e. The fourth-order valence-electron chi connectivity index (χ4n) is 1.32. The van der Waals surface area contributed by atoms with Crippen molar-refractivity contribution in [2.24, 2.45) is 0 Å². The van der Waals surface area contributed by atoms with Crippen molar-refractivity contribution in [3.05, 3.63) is 35.1 Å². The molecule has 0 unspecified atom stereocenters. The van der Waals surface area contributed by atoms with Crippen LogP contribution in [0.15, 0.2) is 24.3 Å². The molecule has 7 heteroatoms. The molecule has 2 aromatic rings. The van der Waals surface area contributed by atoms with Crippen LogP contribution in [0.2, 0.25) is 5.02 Å². The van der Waals surface area contributed by atoms with E-state index in [-0.39, 0.29) is 16.8 Å². The van der Waals surface area contributed by atoms with Crippen LogP contribution < -0.4 is 16.8 Å². The van der Waals surface area contributed by atoms with E-state index in [4.69, 9.17) is 23.1 Å². The highest BCUT2D eigenvalue weighted by atomic mass is 35.5. The van der Waals surface area contributed by atoms with Gasteiger partial charge in [-0.15, -0.1) is 0 Å². The zero-order chi connectivity index (χ0) is 12.4. The third kappa shape index (κ3) is 2.94. The molecule has 0 bridgehead atoms. The van der Waals surface area contributed by atoms with Gasteiger partial charge in [-0.3, -0.25) is 0 Å². The fraction of sp³-hybridized carbons (Fsp3) is 0. The molecule has 5 N–H and O–H groups in total. The molecule has 0 aliphatic rings. The van der Waals surface area contributed by atoms with E-state index in [0.717, 1.165) is 0 Å². The Morgan fingerprint density at radius 3 is 2.53 bits per heavy atom. The quantitative estimate of drug-likeness (QED) is 0.763. The summed E-state index contributed by atoms with van der Waals surface area (Å²) in [6.07, 6.45) is 0. The molecule has 88 valence electrons. The first kappa shape index (κ1) is 11.4. The molecule has 0 radical (unpaired) electrons. The minimum absolute atomic E-state index is 0.0370. The highest BCUT2D eigenvalue weighted by Crippen LogP contribution is 2.22. The number of anilines is 4. The molecule has 0 fully saturated rings. The molecule has 0 atom stereocenters. The van der Waals surface area contributed by atoms with Gasteiger partial charge in [-0.2, -0.15) is 9.97 Å². The van der Waals surface area contributed by atoms with Gasteiger partial charge in [0.05, 0.1) is 0 Å². The second kappa shape index (κ2) is 4.42. The van der Waals surface area contributed by atoms with Crippen LogP contribution in [0.4, 0.5) is 27.7 Å². The Hall–Kier alpha value is -2.08. The lowest BCUT2D eigenvalue weighted by molar-refractivity contribution is 0.628. The maximum atomic E-state index is 13.1. The maximum absolute atomic E-state index is 13.1. The molecule has 0 aliphatic heterocycles. The molecule has 0 aliphatic carbocycles. The van der Waals surface area contributed by atoms with Crippen molar-refractivity contribution in [3.63, 3.8) is 0 Å². The second-order valence-corrected chi connectivity index (χ2v) is 3.76. The van der Waals surface area contributed by atoms with E-state index in [9.17, 15) is 4.39 Å². The SMILES string of the molecule is Nc1cc(Nc2cc(F)cc(Cl)c2)nc(N)n1. The molecule has 1 heterocycles. The Morgan fingerprint density at radius 2 is 1.88 bits per heavy atom. The van der Waals surface area contributed by atoms with Gasteiger partial charge in [-0.1, -0.05) is 11.6 Å². The van der Waals surface area contributed by atoms with E-state index >= 15 is 0 Å². The first-order valence-corrected chi connectivity index (χ1v) is 5.04. The highest BCUT2D eigenvalue weighted by molar-refractivity contribution is 6.30. The first-order valence-electron chi connectivity index (χ1n) is 4.66. The van der Waals surface area contributed by atoms with Gasteiger partial charge in [-0.25, -0.2) is 4.39 Å². The summed E-state index contributed by atoms with van der Waals surface area (Å²) in [7, 11) is 0. The van der Waals surface area contributed by atoms with E-state index in [2.05, 4.69) is 15.3 Å². The van der Waals surface area contributed by atoms with Gasteiger partial charge in [0.25, 0.3) is 0 Å². The summed E-state index contributed by atoms with van der Waals surface area (Å²) in [6.45, 7) is 0. The summed E-state index contributed by atoms with van der Waals surface area (Å²) >= 11 is 5.72. The lowest BCUT2D eigenvalue weighted by Crippen LogP contribution is -2.03. The number of nitrogens with one attached hydrogen (secondary N) is 1. The number of rotatable bonds is 2. The van der Waals surface area contributed by atoms with Gasteiger partial charge < -0.3 is 16.8 Å². The Labute approximate surface area is 102 Å². The van der Waals surface area contributed by atoms with Crippen LogP contribution in [0, 0.1) is 5.82 Å². The summed E-state index contributed by atoms with van der Waals surface area (Å²) in [5, 5.41) is 3.11. The largest absolute Gasteiger partial charge is 0.383 e. The van der Waals surface area contributed by atoms with Crippen LogP contribution in [0.5, 0.6) is 0 Å². The summed E-state index contributed by atoms with van der Waals surface area (Å²) < 4.78 is 13.1. The zero-order valence-corrected chi connectivity index (χ0v) is 9.37. The Bertz CT molecular complexity index is 470. The van der Waals surface area contributed by atoms with Crippen LogP contribution in [-0.4, -0.2) is 9.97 Å². The summed E-state index contributed by atoms with van der Waals surface area (Å²) in [6, 6.07) is 5.52. The van der Waals surface area contributed by atoms with Crippen LogP contribution in [0.3, 0.4) is 0 Å². The topological polar surface area (TPSA) is 89.8 Å². The number of halogens is 2. The van der Waals surface area contributed by atoms with E-state index in [0.29, 0.717) is 11.5 Å². The van der Waals surface area contributed by atoms with Crippen LogP contribution in [0.1, 0.15) is 0 Å². The normalized spacial score (nSPS) is 10.2. The minimum atomic E-state index is -0.449. The summed E-state index contributed by atoms with van der Waals surface area (Å²) in [5.41, 5.74) is 11.4. The number of hydrogen-bond acceptors (Lipinski definition) is 5. The number of hydrogen-bond donors (Lipinski definition) is 3.